The fraction of sp³-hybridized carbons (Fsp3) is 0.267. The van der Waals surface area contributed by atoms with Crippen LogP contribution in [0.3, 0.4) is 0 Å². The molecule has 43 heavy (non-hydrogen) atoms. The molecular formula is C30H32ClN2O8S2+. The minimum absolute atomic E-state index is 0.0376. The van der Waals surface area contributed by atoms with Crippen molar-refractivity contribution in [2.75, 3.05) is 25.4 Å². The van der Waals surface area contributed by atoms with Gasteiger partial charge in [-0.1, -0.05) is 54.9 Å². The molecule has 0 amide bonds. The van der Waals surface area contributed by atoms with Crippen LogP contribution in [0.1, 0.15) is 19.8 Å². The summed E-state index contributed by atoms with van der Waals surface area (Å²) in [5.74, 6) is 1.35. The summed E-state index contributed by atoms with van der Waals surface area (Å²) in [4.78, 5) is 1.60. The predicted octanol–water partition coefficient (Wildman–Crippen LogP) is 3.12. The van der Waals surface area contributed by atoms with Crippen molar-refractivity contribution in [2.24, 2.45) is 0 Å². The predicted molar refractivity (Wildman–Crippen MR) is 162 cm³/mol. The highest BCUT2D eigenvalue weighted by Gasteiger charge is 2.37. The van der Waals surface area contributed by atoms with Crippen molar-refractivity contribution in [3.63, 3.8) is 0 Å². The molecule has 4 unspecified atom stereocenters. The maximum Gasteiger partial charge on any atom is 0.301 e. The first kappa shape index (κ1) is 31.4. The van der Waals surface area contributed by atoms with Crippen LogP contribution in [0.2, 0.25) is 5.02 Å². The van der Waals surface area contributed by atoms with E-state index >= 15 is 0 Å². The van der Waals surface area contributed by atoms with Crippen molar-refractivity contribution < 1.29 is 45.2 Å². The van der Waals surface area contributed by atoms with E-state index in [1.54, 1.807) is 12.1 Å². The standard InChI is InChI=1S/C30H31ClN2O8S2/c1-2-21(17-29-32(13-6-15-39-42(34)35)26-20-24(31)10-12-28(26)41-29)18-30-33(14-16-43(36,37)38)25-19-23(9-11-27(25)40-30)22-7-4-3-5-8-22/h3-5,7-12,17-20,30H,2,6,13-16H2,1H3,(H,34,35)(H,36,37,38)/p+1/b21-18+,29-17-. The number of hydrogen-bond acceptors (Lipinski definition) is 7. The second kappa shape index (κ2) is 13.7. The van der Waals surface area contributed by atoms with Crippen molar-refractivity contribution in [3.05, 3.63) is 95.4 Å². The van der Waals surface area contributed by atoms with Crippen LogP contribution in [0.25, 0.3) is 11.1 Å². The molecule has 0 aromatic heterocycles. The summed E-state index contributed by atoms with van der Waals surface area (Å²) in [5.41, 5.74) is 4.46. The Kier molecular flexibility index (Phi) is 9.99. The van der Waals surface area contributed by atoms with Gasteiger partial charge in [-0.15, -0.1) is 0 Å². The second-order valence-corrected chi connectivity index (χ2v) is 12.7. The van der Waals surface area contributed by atoms with Gasteiger partial charge in [0, 0.05) is 35.7 Å². The lowest BCUT2D eigenvalue weighted by Gasteiger charge is -2.19. The number of allylic oxidation sites excluding steroid dienone is 2. The molecule has 0 fully saturated rings. The summed E-state index contributed by atoms with van der Waals surface area (Å²) in [6.07, 6.45) is 4.35. The molecule has 4 atom stereocenters. The van der Waals surface area contributed by atoms with Crippen LogP contribution >= 0.6 is 11.6 Å². The van der Waals surface area contributed by atoms with Crippen LogP contribution in [0.5, 0.6) is 11.5 Å². The van der Waals surface area contributed by atoms with Crippen molar-refractivity contribution >= 4 is 44.5 Å². The van der Waals surface area contributed by atoms with E-state index in [4.69, 9.17) is 29.8 Å². The van der Waals surface area contributed by atoms with E-state index < -0.39 is 33.5 Å². The molecule has 2 aliphatic rings. The van der Waals surface area contributed by atoms with Crippen molar-refractivity contribution in [1.29, 1.82) is 0 Å². The van der Waals surface area contributed by atoms with Gasteiger partial charge in [0.05, 0.1) is 25.4 Å². The molecule has 10 nitrogen and oxygen atoms in total. The molecule has 3 aromatic rings. The summed E-state index contributed by atoms with van der Waals surface area (Å²) in [6, 6.07) is 21.0. The molecule has 5 rings (SSSR count). The molecule has 0 saturated heterocycles. The number of halogens is 1. The van der Waals surface area contributed by atoms with Gasteiger partial charge in [-0.05, 0) is 41.3 Å². The Morgan fingerprint density at radius 3 is 2.56 bits per heavy atom. The largest absolute Gasteiger partial charge is 0.748 e. The lowest BCUT2D eigenvalue weighted by atomic mass is 10.0. The maximum absolute atomic E-state index is 11.6. The summed E-state index contributed by atoms with van der Waals surface area (Å²) in [7, 11) is -4.45. The van der Waals surface area contributed by atoms with Gasteiger partial charge in [0.2, 0.25) is 0 Å². The average molecular weight is 648 g/mol. The first-order valence-corrected chi connectivity index (χ1v) is 16.8. The third-order valence-electron chi connectivity index (χ3n) is 7.28. The Bertz CT molecular complexity index is 1660. The molecule has 3 N–H and O–H groups in total. The molecule has 0 saturated carbocycles. The molecule has 0 radical (unpaired) electrons. The first-order chi connectivity index (χ1) is 20.6. The highest BCUT2D eigenvalue weighted by Crippen LogP contribution is 2.33. The van der Waals surface area contributed by atoms with Crippen LogP contribution in [0.4, 0.5) is 11.4 Å². The van der Waals surface area contributed by atoms with E-state index in [0.717, 1.165) is 37.9 Å². The molecule has 228 valence electrons. The van der Waals surface area contributed by atoms with E-state index in [2.05, 4.69) is 0 Å². The van der Waals surface area contributed by atoms with E-state index in [0.29, 0.717) is 41.8 Å². The fourth-order valence-electron chi connectivity index (χ4n) is 5.23. The number of quaternary nitrogens is 2. The van der Waals surface area contributed by atoms with Gasteiger partial charge in [-0.25, -0.2) is 13.3 Å². The minimum Gasteiger partial charge on any atom is -0.748 e. The zero-order chi connectivity index (χ0) is 30.6. The number of fused-ring (bicyclic) bond motifs is 2. The van der Waals surface area contributed by atoms with Crippen LogP contribution in [0, 0.1) is 0 Å². The third-order valence-corrected chi connectivity index (χ3v) is 8.59. The number of rotatable bonds is 12. The average Bonchev–Trinajstić information content (AvgIpc) is 3.49. The summed E-state index contributed by atoms with van der Waals surface area (Å²) < 4.78 is 72.0. The Hall–Kier alpha value is -3.07. The Balaban J connectivity index is 1.45. The number of ether oxygens (including phenoxy) is 2. The molecule has 13 heteroatoms. The lowest BCUT2D eigenvalue weighted by Crippen LogP contribution is -3.10. The number of hydrogen-bond donors (Lipinski definition) is 3. The van der Waals surface area contributed by atoms with Crippen LogP contribution in [-0.4, -0.2) is 53.4 Å². The molecule has 0 aliphatic carbocycles. The molecular weight excluding hydrogens is 616 g/mol. The Morgan fingerprint density at radius 1 is 1.07 bits per heavy atom. The van der Waals surface area contributed by atoms with Gasteiger partial charge in [-0.2, -0.15) is 4.21 Å². The molecule has 2 aliphatic heterocycles. The van der Waals surface area contributed by atoms with Gasteiger partial charge in [0.1, 0.15) is 10.1 Å². The van der Waals surface area contributed by atoms with Crippen molar-refractivity contribution in [3.8, 4) is 22.6 Å². The zero-order valence-corrected chi connectivity index (χ0v) is 25.7. The number of benzene rings is 3. The highest BCUT2D eigenvalue weighted by molar-refractivity contribution is 7.85. The van der Waals surface area contributed by atoms with Gasteiger partial charge in [0.15, 0.2) is 22.9 Å². The van der Waals surface area contributed by atoms with Crippen LogP contribution < -0.4 is 19.3 Å². The Morgan fingerprint density at radius 2 is 1.84 bits per heavy atom. The normalized spacial score (nSPS) is 21.3. The summed E-state index contributed by atoms with van der Waals surface area (Å²) in [5, 5.41) is 0.555. The van der Waals surface area contributed by atoms with Crippen molar-refractivity contribution in [2.45, 2.75) is 26.0 Å². The lowest BCUT2D eigenvalue weighted by molar-refractivity contribution is -0.859. The zero-order valence-electron chi connectivity index (χ0n) is 23.3. The monoisotopic (exact) mass is 647 g/mol. The van der Waals surface area contributed by atoms with Gasteiger partial charge < -0.3 is 14.0 Å². The minimum atomic E-state index is -4.45. The van der Waals surface area contributed by atoms with Crippen LogP contribution in [-0.2, 0) is 25.7 Å². The third kappa shape index (κ3) is 7.91. The maximum atomic E-state index is 11.6. The molecule has 3 aromatic carbocycles. The summed E-state index contributed by atoms with van der Waals surface area (Å²) >= 11 is 3.94. The highest BCUT2D eigenvalue weighted by atomic mass is 35.5. The smallest absolute Gasteiger partial charge is 0.301 e. The molecule has 2 heterocycles. The van der Waals surface area contributed by atoms with Crippen LogP contribution in [0.15, 0.2) is 90.3 Å². The Labute approximate surface area is 258 Å². The fourth-order valence-corrected chi connectivity index (χ4v) is 6.13. The first-order valence-electron chi connectivity index (χ1n) is 13.8. The number of nitrogens with one attached hydrogen (secondary N) is 2. The van der Waals surface area contributed by atoms with Gasteiger partial charge >= 0.3 is 17.2 Å². The van der Waals surface area contributed by atoms with E-state index in [9.17, 15) is 17.2 Å². The summed E-state index contributed by atoms with van der Waals surface area (Å²) in [6.45, 7) is 2.63. The topological polar surface area (TPSA) is 131 Å². The van der Waals surface area contributed by atoms with E-state index in [1.165, 1.54) is 0 Å². The van der Waals surface area contributed by atoms with Gasteiger partial charge in [0.25, 0.3) is 6.23 Å². The quantitative estimate of drug-likeness (QED) is 0.155. The SMILES string of the molecule is CCC(/C=C1\Oc2ccc(Cl)cc2[NH+]1CCCOS(=O)O)=C\C1Oc2ccc(-c3ccccc3)cc2[NH+]1CCS(=O)(=O)[O-]. The molecule has 0 bridgehead atoms. The second-order valence-electron chi connectivity index (χ2n) is 10.1. The van der Waals surface area contributed by atoms with Gasteiger partial charge in [-0.3, -0.25) is 13.6 Å². The molecule has 0 spiro atoms. The van der Waals surface area contributed by atoms with E-state index in [-0.39, 0.29) is 13.2 Å². The van der Waals surface area contributed by atoms with E-state index in [1.807, 2.05) is 73.7 Å². The van der Waals surface area contributed by atoms with Crippen molar-refractivity contribution in [1.82, 2.24) is 0 Å².